The SMILES string of the molecule is N[C@@H](Cc1ccccc1)C(=O)Nc1cc(NC(=O)[C@@H](N)Cc2ccccc2)cc(C(=O)NCC(c2ccccc2)c2ccccc2)c1. The Morgan fingerprint density at radius 1 is 0.532 bits per heavy atom. The Morgan fingerprint density at radius 2 is 0.915 bits per heavy atom. The van der Waals surface area contributed by atoms with Gasteiger partial charge in [0.1, 0.15) is 0 Å². The van der Waals surface area contributed by atoms with Gasteiger partial charge in [-0.1, -0.05) is 121 Å². The van der Waals surface area contributed by atoms with Gasteiger partial charge in [0.25, 0.3) is 5.91 Å². The van der Waals surface area contributed by atoms with Gasteiger partial charge in [-0.2, -0.15) is 0 Å². The van der Waals surface area contributed by atoms with Gasteiger partial charge in [-0.3, -0.25) is 14.4 Å². The number of anilines is 2. The molecule has 0 radical (unpaired) electrons. The van der Waals surface area contributed by atoms with Crippen LogP contribution in [0.5, 0.6) is 0 Å². The molecule has 5 aromatic carbocycles. The number of nitrogens with two attached hydrogens (primary N) is 2. The minimum atomic E-state index is -0.829. The van der Waals surface area contributed by atoms with Crippen LogP contribution in [0.25, 0.3) is 0 Å². The van der Waals surface area contributed by atoms with Crippen molar-refractivity contribution in [2.45, 2.75) is 30.8 Å². The van der Waals surface area contributed by atoms with Crippen LogP contribution in [0.3, 0.4) is 0 Å². The number of nitrogens with one attached hydrogen (secondary N) is 3. The second kappa shape index (κ2) is 16.1. The summed E-state index contributed by atoms with van der Waals surface area (Å²) in [6.45, 7) is 0.328. The summed E-state index contributed by atoms with van der Waals surface area (Å²) in [5.74, 6) is -1.29. The van der Waals surface area contributed by atoms with E-state index in [2.05, 4.69) is 16.0 Å². The Morgan fingerprint density at radius 3 is 1.32 bits per heavy atom. The van der Waals surface area contributed by atoms with Gasteiger partial charge in [0, 0.05) is 29.4 Å². The van der Waals surface area contributed by atoms with E-state index in [1.54, 1.807) is 18.2 Å². The van der Waals surface area contributed by atoms with Gasteiger partial charge in [0.2, 0.25) is 11.8 Å². The zero-order chi connectivity index (χ0) is 33.0. The Bertz CT molecular complexity index is 1650. The van der Waals surface area contributed by atoms with E-state index in [9.17, 15) is 14.4 Å². The summed E-state index contributed by atoms with van der Waals surface area (Å²) in [6, 6.07) is 42.0. The predicted octanol–water partition coefficient (Wildman–Crippen LogP) is 5.27. The average molecular weight is 626 g/mol. The summed E-state index contributed by atoms with van der Waals surface area (Å²) < 4.78 is 0. The highest BCUT2D eigenvalue weighted by atomic mass is 16.2. The van der Waals surface area contributed by atoms with Crippen LogP contribution in [0.15, 0.2) is 140 Å². The maximum atomic E-state index is 13.7. The second-order valence-electron chi connectivity index (χ2n) is 11.5. The fourth-order valence-electron chi connectivity index (χ4n) is 5.39. The van der Waals surface area contributed by atoms with E-state index in [-0.39, 0.29) is 17.4 Å². The fourth-order valence-corrected chi connectivity index (χ4v) is 5.39. The van der Waals surface area contributed by atoms with Gasteiger partial charge < -0.3 is 27.4 Å². The topological polar surface area (TPSA) is 139 Å². The van der Waals surface area contributed by atoms with Crippen molar-refractivity contribution in [3.8, 4) is 0 Å². The molecule has 7 N–H and O–H groups in total. The smallest absolute Gasteiger partial charge is 0.251 e. The lowest BCUT2D eigenvalue weighted by molar-refractivity contribution is -0.118. The summed E-state index contributed by atoms with van der Waals surface area (Å²) in [6.07, 6.45) is 0.677. The van der Waals surface area contributed by atoms with E-state index >= 15 is 0 Å². The van der Waals surface area contributed by atoms with Crippen molar-refractivity contribution in [1.29, 1.82) is 0 Å². The molecule has 0 aliphatic rings. The molecule has 47 heavy (non-hydrogen) atoms. The minimum absolute atomic E-state index is 0.0876. The van der Waals surface area contributed by atoms with Crippen molar-refractivity contribution in [3.63, 3.8) is 0 Å². The molecule has 5 aromatic rings. The van der Waals surface area contributed by atoms with E-state index in [1.807, 2.05) is 121 Å². The molecule has 3 amide bonds. The Balaban J connectivity index is 1.36. The van der Waals surface area contributed by atoms with Crippen molar-refractivity contribution in [2.24, 2.45) is 11.5 Å². The van der Waals surface area contributed by atoms with E-state index in [1.165, 1.54) is 0 Å². The lowest BCUT2D eigenvalue weighted by Crippen LogP contribution is -2.38. The van der Waals surface area contributed by atoms with Gasteiger partial charge in [-0.15, -0.1) is 0 Å². The lowest BCUT2D eigenvalue weighted by atomic mass is 9.91. The number of benzene rings is 5. The van der Waals surface area contributed by atoms with E-state index in [4.69, 9.17) is 11.5 Å². The summed E-state index contributed by atoms with van der Waals surface area (Å²) in [4.78, 5) is 39.9. The maximum absolute atomic E-state index is 13.7. The van der Waals surface area contributed by atoms with Gasteiger partial charge in [-0.05, 0) is 53.3 Å². The van der Waals surface area contributed by atoms with Crippen LogP contribution in [-0.2, 0) is 22.4 Å². The molecule has 0 bridgehead atoms. The summed E-state index contributed by atoms with van der Waals surface area (Å²) in [7, 11) is 0. The first-order valence-electron chi connectivity index (χ1n) is 15.6. The van der Waals surface area contributed by atoms with Crippen molar-refractivity contribution in [2.75, 3.05) is 17.2 Å². The molecular formula is C39H39N5O3. The number of amides is 3. The number of carbonyl (C=O) groups excluding carboxylic acids is 3. The van der Waals surface area contributed by atoms with Crippen LogP contribution in [0.2, 0.25) is 0 Å². The Labute approximate surface area is 275 Å². The fraction of sp³-hybridized carbons (Fsp3) is 0.154. The molecule has 8 heteroatoms. The highest BCUT2D eigenvalue weighted by molar-refractivity contribution is 6.02. The molecule has 2 atom stereocenters. The van der Waals surface area contributed by atoms with Gasteiger partial charge in [0.15, 0.2) is 0 Å². The predicted molar refractivity (Wildman–Crippen MR) is 187 cm³/mol. The number of hydrogen-bond acceptors (Lipinski definition) is 5. The summed E-state index contributed by atoms with van der Waals surface area (Å²) in [5, 5.41) is 8.71. The third kappa shape index (κ3) is 9.46. The standard InChI is InChI=1S/C39H39N5O3/c40-35(21-27-13-5-1-6-14-27)38(46)43-32-23-31(24-33(25-32)44-39(47)36(41)22-28-15-7-2-8-16-28)37(45)42-26-34(29-17-9-3-10-18-29)30-19-11-4-12-20-30/h1-20,23-25,34-36H,21-22,26,40-41H2,(H,42,45)(H,43,46)(H,44,47)/t35-,36-/m0/s1. The van der Waals surface area contributed by atoms with E-state index in [0.717, 1.165) is 22.3 Å². The molecule has 0 fully saturated rings. The number of carbonyl (C=O) groups is 3. The molecule has 0 spiro atoms. The second-order valence-corrected chi connectivity index (χ2v) is 11.5. The lowest BCUT2D eigenvalue weighted by Gasteiger charge is -2.20. The molecular weight excluding hydrogens is 586 g/mol. The maximum Gasteiger partial charge on any atom is 0.251 e. The van der Waals surface area contributed by atoms with Crippen LogP contribution in [0.1, 0.15) is 38.5 Å². The van der Waals surface area contributed by atoms with Gasteiger partial charge >= 0.3 is 0 Å². The molecule has 8 nitrogen and oxygen atoms in total. The molecule has 0 aliphatic heterocycles. The molecule has 0 unspecified atom stereocenters. The van der Waals surface area contributed by atoms with E-state index in [0.29, 0.717) is 30.8 Å². The van der Waals surface area contributed by atoms with Crippen molar-refractivity contribution < 1.29 is 14.4 Å². The van der Waals surface area contributed by atoms with Crippen LogP contribution in [0.4, 0.5) is 11.4 Å². The molecule has 0 aliphatic carbocycles. The first-order valence-corrected chi connectivity index (χ1v) is 15.6. The van der Waals surface area contributed by atoms with Crippen LogP contribution < -0.4 is 27.4 Å². The average Bonchev–Trinajstić information content (AvgIpc) is 3.10. The normalized spacial score (nSPS) is 12.1. The first-order chi connectivity index (χ1) is 22.9. The van der Waals surface area contributed by atoms with Gasteiger partial charge in [-0.25, -0.2) is 0 Å². The van der Waals surface area contributed by atoms with Crippen molar-refractivity contribution in [3.05, 3.63) is 167 Å². The number of rotatable bonds is 13. The zero-order valence-electron chi connectivity index (χ0n) is 26.0. The summed E-state index contributed by atoms with van der Waals surface area (Å²) in [5.41, 5.74) is 17.4. The van der Waals surface area contributed by atoms with Crippen molar-refractivity contribution in [1.82, 2.24) is 5.32 Å². The molecule has 238 valence electrons. The quantitative estimate of drug-likeness (QED) is 0.121. The zero-order valence-corrected chi connectivity index (χ0v) is 26.0. The van der Waals surface area contributed by atoms with Crippen LogP contribution >= 0.6 is 0 Å². The molecule has 0 saturated carbocycles. The van der Waals surface area contributed by atoms with Crippen LogP contribution in [-0.4, -0.2) is 36.3 Å². The van der Waals surface area contributed by atoms with Crippen molar-refractivity contribution >= 4 is 29.1 Å². The van der Waals surface area contributed by atoms with Crippen LogP contribution in [0, 0.1) is 0 Å². The third-order valence-corrected chi connectivity index (χ3v) is 7.87. The molecule has 0 aromatic heterocycles. The number of hydrogen-bond donors (Lipinski definition) is 5. The molecule has 0 saturated heterocycles. The monoisotopic (exact) mass is 625 g/mol. The molecule has 0 heterocycles. The first kappa shape index (κ1) is 32.8. The Hall–Kier alpha value is -5.57. The van der Waals surface area contributed by atoms with Gasteiger partial charge in [0.05, 0.1) is 12.1 Å². The molecule has 5 rings (SSSR count). The summed E-state index contributed by atoms with van der Waals surface area (Å²) >= 11 is 0. The third-order valence-electron chi connectivity index (χ3n) is 7.87. The highest BCUT2D eigenvalue weighted by Gasteiger charge is 2.20. The largest absolute Gasteiger partial charge is 0.351 e. The Kier molecular flexibility index (Phi) is 11.3. The van der Waals surface area contributed by atoms with E-state index < -0.39 is 23.9 Å². The highest BCUT2D eigenvalue weighted by Crippen LogP contribution is 2.25. The minimum Gasteiger partial charge on any atom is -0.351 e.